The van der Waals surface area contributed by atoms with E-state index in [1.165, 1.54) is 5.56 Å². The van der Waals surface area contributed by atoms with Crippen LogP contribution in [0.2, 0.25) is 0 Å². The fraction of sp³-hybridized carbons (Fsp3) is 0.273. The molecular formula is C22H26N4O. The molecule has 0 aliphatic rings. The lowest BCUT2D eigenvalue weighted by Gasteiger charge is -2.23. The third-order valence-electron chi connectivity index (χ3n) is 4.37. The molecule has 27 heavy (non-hydrogen) atoms. The fourth-order valence-electron chi connectivity index (χ4n) is 3.07. The summed E-state index contributed by atoms with van der Waals surface area (Å²) in [5.41, 5.74) is 3.23. The Balaban J connectivity index is 1.73. The summed E-state index contributed by atoms with van der Waals surface area (Å²) in [5, 5.41) is 3.35. The highest BCUT2D eigenvalue weighted by molar-refractivity contribution is 5.61. The van der Waals surface area contributed by atoms with Gasteiger partial charge in [-0.1, -0.05) is 36.4 Å². The minimum atomic E-state index is 0.647. The van der Waals surface area contributed by atoms with Crippen LogP contribution < -0.4 is 15.0 Å². The molecule has 0 saturated heterocycles. The first-order chi connectivity index (χ1) is 13.2. The van der Waals surface area contributed by atoms with Crippen LogP contribution in [0.1, 0.15) is 18.2 Å². The molecule has 0 atom stereocenters. The summed E-state index contributed by atoms with van der Waals surface area (Å²) in [6, 6.07) is 20.4. The molecule has 0 fully saturated rings. The lowest BCUT2D eigenvalue weighted by Crippen LogP contribution is -2.19. The van der Waals surface area contributed by atoms with Crippen LogP contribution in [0, 0.1) is 6.92 Å². The third-order valence-corrected chi connectivity index (χ3v) is 4.37. The summed E-state index contributed by atoms with van der Waals surface area (Å²) in [6.45, 7) is 5.69. The second kappa shape index (κ2) is 9.03. The first-order valence-electron chi connectivity index (χ1n) is 9.25. The number of nitrogens with zero attached hydrogens (tertiary/aromatic N) is 3. The number of methoxy groups -OCH3 is 1. The summed E-state index contributed by atoms with van der Waals surface area (Å²) in [7, 11) is 1.70. The number of hydrogen-bond donors (Lipinski definition) is 1. The van der Waals surface area contributed by atoms with Crippen molar-refractivity contribution < 1.29 is 4.74 Å². The number of anilines is 3. The molecule has 0 unspecified atom stereocenters. The molecule has 0 radical (unpaired) electrons. The third kappa shape index (κ3) is 4.76. The zero-order valence-corrected chi connectivity index (χ0v) is 16.1. The van der Waals surface area contributed by atoms with Crippen molar-refractivity contribution in [3.05, 3.63) is 71.9 Å². The lowest BCUT2D eigenvalue weighted by atomic mass is 10.1. The summed E-state index contributed by atoms with van der Waals surface area (Å²) in [6.07, 6.45) is 0.840. The van der Waals surface area contributed by atoms with Gasteiger partial charge in [-0.15, -0.1) is 0 Å². The lowest BCUT2D eigenvalue weighted by molar-refractivity contribution is 0.410. The zero-order chi connectivity index (χ0) is 19.1. The van der Waals surface area contributed by atoms with Crippen LogP contribution in [0.15, 0.2) is 60.7 Å². The number of aromatic nitrogens is 2. The van der Waals surface area contributed by atoms with E-state index in [1.54, 1.807) is 7.11 Å². The Bertz CT molecular complexity index is 867. The normalized spacial score (nSPS) is 10.5. The largest absolute Gasteiger partial charge is 0.496 e. The van der Waals surface area contributed by atoms with Gasteiger partial charge in [-0.2, -0.15) is 4.98 Å². The molecule has 0 amide bonds. The van der Waals surface area contributed by atoms with Crippen LogP contribution in [0.5, 0.6) is 5.75 Å². The van der Waals surface area contributed by atoms with Gasteiger partial charge in [0.05, 0.1) is 7.11 Å². The first-order valence-corrected chi connectivity index (χ1v) is 9.25. The highest BCUT2D eigenvalue weighted by atomic mass is 16.5. The zero-order valence-electron chi connectivity index (χ0n) is 16.1. The average molecular weight is 362 g/mol. The van der Waals surface area contributed by atoms with Crippen LogP contribution in [0.3, 0.4) is 0 Å². The van der Waals surface area contributed by atoms with Gasteiger partial charge in [0.15, 0.2) is 0 Å². The molecule has 3 rings (SSSR count). The van der Waals surface area contributed by atoms with Crippen LogP contribution in [0.4, 0.5) is 17.5 Å². The first kappa shape index (κ1) is 18.7. The minimum Gasteiger partial charge on any atom is -0.496 e. The Morgan fingerprint density at radius 2 is 1.74 bits per heavy atom. The number of hydrogen-bond acceptors (Lipinski definition) is 5. The molecule has 0 aliphatic carbocycles. The van der Waals surface area contributed by atoms with Crippen molar-refractivity contribution in [1.82, 2.24) is 9.97 Å². The SMILES string of the molecule is CCN(c1ccccc1)c1cc(C)nc(NCCc2ccccc2OC)n1. The van der Waals surface area contributed by atoms with E-state index in [-0.39, 0.29) is 0 Å². The second-order valence-electron chi connectivity index (χ2n) is 6.26. The van der Waals surface area contributed by atoms with Gasteiger partial charge in [-0.3, -0.25) is 0 Å². The number of nitrogens with one attached hydrogen (secondary N) is 1. The number of benzene rings is 2. The molecule has 0 aliphatic heterocycles. The number of para-hydroxylation sites is 2. The molecule has 0 bridgehead atoms. The van der Waals surface area contributed by atoms with Crippen LogP contribution >= 0.6 is 0 Å². The van der Waals surface area contributed by atoms with Gasteiger partial charge in [0.1, 0.15) is 11.6 Å². The maximum absolute atomic E-state index is 5.42. The standard InChI is InChI=1S/C22H26N4O/c1-4-26(19-11-6-5-7-12-19)21-16-17(2)24-22(25-21)23-15-14-18-10-8-9-13-20(18)27-3/h5-13,16H,4,14-15H2,1-3H3,(H,23,24,25). The molecular weight excluding hydrogens is 336 g/mol. The van der Waals surface area contributed by atoms with Gasteiger partial charge >= 0.3 is 0 Å². The smallest absolute Gasteiger partial charge is 0.224 e. The van der Waals surface area contributed by atoms with Gasteiger partial charge in [0, 0.05) is 30.5 Å². The number of rotatable bonds is 8. The molecule has 0 spiro atoms. The van der Waals surface area contributed by atoms with E-state index >= 15 is 0 Å². The Morgan fingerprint density at radius 3 is 2.48 bits per heavy atom. The van der Waals surface area contributed by atoms with Gasteiger partial charge in [-0.05, 0) is 44.0 Å². The van der Waals surface area contributed by atoms with E-state index in [4.69, 9.17) is 9.72 Å². The molecule has 1 N–H and O–H groups in total. The summed E-state index contributed by atoms with van der Waals surface area (Å²) in [5.74, 6) is 2.46. The number of ether oxygens (including phenoxy) is 1. The molecule has 5 nitrogen and oxygen atoms in total. The predicted octanol–water partition coefficient (Wildman–Crippen LogP) is 4.61. The molecule has 1 heterocycles. The fourth-order valence-corrected chi connectivity index (χ4v) is 3.07. The quantitative estimate of drug-likeness (QED) is 0.634. The van der Waals surface area contributed by atoms with Gasteiger partial charge in [-0.25, -0.2) is 4.98 Å². The minimum absolute atomic E-state index is 0.647. The predicted molar refractivity (Wildman–Crippen MR) is 111 cm³/mol. The molecule has 3 aromatic rings. The molecule has 0 saturated carbocycles. The van der Waals surface area contributed by atoms with Gasteiger partial charge in [0.25, 0.3) is 0 Å². The van der Waals surface area contributed by atoms with Crippen LogP contribution in [0.25, 0.3) is 0 Å². The Morgan fingerprint density at radius 1 is 1.00 bits per heavy atom. The molecule has 1 aromatic heterocycles. The topological polar surface area (TPSA) is 50.3 Å². The van der Waals surface area contributed by atoms with Crippen LogP contribution in [-0.2, 0) is 6.42 Å². The van der Waals surface area contributed by atoms with E-state index < -0.39 is 0 Å². The Labute approximate surface area is 161 Å². The van der Waals surface area contributed by atoms with Crippen molar-refractivity contribution in [3.8, 4) is 5.75 Å². The summed E-state index contributed by atoms with van der Waals surface area (Å²) < 4.78 is 5.42. The highest BCUT2D eigenvalue weighted by Crippen LogP contribution is 2.24. The van der Waals surface area contributed by atoms with E-state index in [2.05, 4.69) is 40.3 Å². The Hall–Kier alpha value is -3.08. The van der Waals surface area contributed by atoms with E-state index in [0.29, 0.717) is 5.95 Å². The number of aryl methyl sites for hydroxylation is 1. The highest BCUT2D eigenvalue weighted by Gasteiger charge is 2.11. The van der Waals surface area contributed by atoms with E-state index in [9.17, 15) is 0 Å². The van der Waals surface area contributed by atoms with Crippen molar-refractivity contribution in [1.29, 1.82) is 0 Å². The maximum Gasteiger partial charge on any atom is 0.224 e. The maximum atomic E-state index is 5.42. The second-order valence-corrected chi connectivity index (χ2v) is 6.26. The van der Waals surface area contributed by atoms with Gasteiger partial charge < -0.3 is 15.0 Å². The van der Waals surface area contributed by atoms with E-state index in [1.807, 2.05) is 49.4 Å². The van der Waals surface area contributed by atoms with Crippen molar-refractivity contribution in [3.63, 3.8) is 0 Å². The van der Waals surface area contributed by atoms with Gasteiger partial charge in [0.2, 0.25) is 5.95 Å². The van der Waals surface area contributed by atoms with E-state index in [0.717, 1.165) is 42.5 Å². The van der Waals surface area contributed by atoms with Crippen molar-refractivity contribution in [2.45, 2.75) is 20.3 Å². The monoisotopic (exact) mass is 362 g/mol. The molecule has 140 valence electrons. The summed E-state index contributed by atoms with van der Waals surface area (Å²) >= 11 is 0. The Kier molecular flexibility index (Phi) is 6.26. The van der Waals surface area contributed by atoms with Crippen molar-refractivity contribution >= 4 is 17.5 Å². The molecule has 2 aromatic carbocycles. The summed E-state index contributed by atoms with van der Waals surface area (Å²) in [4.78, 5) is 11.4. The van der Waals surface area contributed by atoms with Crippen molar-refractivity contribution in [2.75, 3.05) is 30.4 Å². The van der Waals surface area contributed by atoms with Crippen LogP contribution in [-0.4, -0.2) is 30.2 Å². The average Bonchev–Trinajstić information content (AvgIpc) is 2.69. The molecule has 5 heteroatoms. The van der Waals surface area contributed by atoms with Crippen molar-refractivity contribution in [2.24, 2.45) is 0 Å².